The first-order chi connectivity index (χ1) is 14.1. The number of benzene rings is 2. The summed E-state index contributed by atoms with van der Waals surface area (Å²) in [4.78, 5) is 37.3. The molecule has 0 radical (unpaired) electrons. The van der Waals surface area contributed by atoms with E-state index in [0.717, 1.165) is 19.3 Å². The number of nitrogens with zero attached hydrogens (tertiary/aromatic N) is 1. The zero-order valence-corrected chi connectivity index (χ0v) is 15.9. The Bertz CT molecular complexity index is 910. The summed E-state index contributed by atoms with van der Waals surface area (Å²) in [6, 6.07) is 8.99. The van der Waals surface area contributed by atoms with Crippen LogP contribution in [-0.4, -0.2) is 52.8 Å². The monoisotopic (exact) mass is 397 g/mol. The molecular weight excluding hydrogens is 374 g/mol. The van der Waals surface area contributed by atoms with Crippen molar-refractivity contribution >= 4 is 18.5 Å². The molecule has 1 amide bonds. The van der Waals surface area contributed by atoms with Gasteiger partial charge in [-0.1, -0.05) is 12.1 Å². The molecule has 2 aromatic rings. The molecule has 1 fully saturated rings. The van der Waals surface area contributed by atoms with Gasteiger partial charge in [0.05, 0.1) is 23.3 Å². The number of ether oxygens (including phenoxy) is 1. The first kappa shape index (κ1) is 20.4. The molecule has 1 saturated heterocycles. The molecule has 3 rings (SSSR count). The second-order valence-corrected chi connectivity index (χ2v) is 6.95. The largest absolute Gasteiger partial charge is 0.507 e. The molecule has 1 atom stereocenters. The molecule has 0 bridgehead atoms. The maximum atomic E-state index is 13.1. The summed E-state index contributed by atoms with van der Waals surface area (Å²) in [5.41, 5.74) is 0.275. The van der Waals surface area contributed by atoms with Crippen molar-refractivity contribution in [2.24, 2.45) is 0 Å². The van der Waals surface area contributed by atoms with Crippen LogP contribution in [0.15, 0.2) is 36.4 Å². The summed E-state index contributed by atoms with van der Waals surface area (Å²) in [7, 11) is 0. The van der Waals surface area contributed by atoms with Crippen LogP contribution in [0.1, 0.15) is 56.8 Å². The molecule has 1 aliphatic rings. The SMILES string of the molecule is O=Cc1c(O)cccc1OCC[C@@H]1CCCCN1C(=O)c1cccc(O)c1C=O. The Morgan fingerprint density at radius 3 is 2.45 bits per heavy atom. The number of hydrogen-bond donors (Lipinski definition) is 2. The summed E-state index contributed by atoms with van der Waals surface area (Å²) >= 11 is 0. The van der Waals surface area contributed by atoms with Gasteiger partial charge >= 0.3 is 0 Å². The van der Waals surface area contributed by atoms with Gasteiger partial charge in [-0.2, -0.15) is 0 Å². The normalized spacial score (nSPS) is 16.3. The predicted octanol–water partition coefficient (Wildman–Crippen LogP) is 3.19. The number of carbonyl (C=O) groups is 3. The summed E-state index contributed by atoms with van der Waals surface area (Å²) in [5, 5.41) is 19.6. The molecule has 7 heteroatoms. The number of carbonyl (C=O) groups excluding carboxylic acids is 3. The van der Waals surface area contributed by atoms with E-state index >= 15 is 0 Å². The number of amides is 1. The van der Waals surface area contributed by atoms with E-state index in [1.807, 2.05) is 0 Å². The minimum absolute atomic E-state index is 0.00606. The van der Waals surface area contributed by atoms with Crippen molar-refractivity contribution in [1.29, 1.82) is 0 Å². The van der Waals surface area contributed by atoms with Crippen molar-refractivity contribution in [3.8, 4) is 17.2 Å². The van der Waals surface area contributed by atoms with E-state index in [4.69, 9.17) is 4.74 Å². The molecule has 7 nitrogen and oxygen atoms in total. The highest BCUT2D eigenvalue weighted by Gasteiger charge is 2.29. The van der Waals surface area contributed by atoms with Gasteiger partial charge in [-0.3, -0.25) is 14.4 Å². The number of likely N-dealkylation sites (tertiary alicyclic amines) is 1. The van der Waals surface area contributed by atoms with E-state index in [2.05, 4.69) is 0 Å². The maximum Gasteiger partial charge on any atom is 0.254 e. The topological polar surface area (TPSA) is 104 Å². The summed E-state index contributed by atoms with van der Waals surface area (Å²) in [6.45, 7) is 0.822. The van der Waals surface area contributed by atoms with Gasteiger partial charge in [0, 0.05) is 19.0 Å². The van der Waals surface area contributed by atoms with E-state index < -0.39 is 0 Å². The van der Waals surface area contributed by atoms with Crippen molar-refractivity contribution in [1.82, 2.24) is 4.90 Å². The number of hydrogen-bond acceptors (Lipinski definition) is 6. The van der Waals surface area contributed by atoms with Crippen LogP contribution < -0.4 is 4.74 Å². The molecular formula is C22H23NO6. The number of rotatable bonds is 7. The van der Waals surface area contributed by atoms with E-state index in [0.29, 0.717) is 31.3 Å². The summed E-state index contributed by atoms with van der Waals surface area (Å²) < 4.78 is 5.68. The van der Waals surface area contributed by atoms with E-state index in [1.165, 1.54) is 18.2 Å². The molecule has 0 unspecified atom stereocenters. The molecule has 1 aliphatic heterocycles. The van der Waals surface area contributed by atoms with Gasteiger partial charge in [-0.15, -0.1) is 0 Å². The van der Waals surface area contributed by atoms with Crippen molar-refractivity contribution in [3.63, 3.8) is 0 Å². The van der Waals surface area contributed by atoms with Crippen LogP contribution >= 0.6 is 0 Å². The number of phenolic OH excluding ortho intramolecular Hbond substituents is 2. The van der Waals surface area contributed by atoms with E-state index in [9.17, 15) is 24.6 Å². The second kappa shape index (κ2) is 9.23. The number of piperidine rings is 1. The molecule has 29 heavy (non-hydrogen) atoms. The van der Waals surface area contributed by atoms with Crippen LogP contribution in [0, 0.1) is 0 Å². The van der Waals surface area contributed by atoms with Crippen molar-refractivity contribution in [2.45, 2.75) is 31.7 Å². The Morgan fingerprint density at radius 1 is 1.03 bits per heavy atom. The van der Waals surface area contributed by atoms with E-state index in [1.54, 1.807) is 23.1 Å². The Labute approximate surface area is 168 Å². The molecule has 0 aliphatic carbocycles. The lowest BCUT2D eigenvalue weighted by Gasteiger charge is -2.36. The molecule has 1 heterocycles. The molecule has 0 saturated carbocycles. The summed E-state index contributed by atoms with van der Waals surface area (Å²) in [5.74, 6) is -0.353. The smallest absolute Gasteiger partial charge is 0.254 e. The third kappa shape index (κ3) is 4.39. The van der Waals surface area contributed by atoms with Crippen molar-refractivity contribution in [2.75, 3.05) is 13.2 Å². The van der Waals surface area contributed by atoms with Gasteiger partial charge in [-0.05, 0) is 43.5 Å². The Hall–Kier alpha value is -3.35. The molecule has 2 aromatic carbocycles. The lowest BCUT2D eigenvalue weighted by molar-refractivity contribution is 0.0578. The standard InChI is InChI=1S/C22H23NO6/c24-13-17-16(6-3-7-19(17)26)22(28)23-11-2-1-5-15(23)10-12-29-21-9-4-8-20(27)18(21)14-25/h3-4,6-9,13-15,26-27H,1-2,5,10-12H2/t15-/m0/s1. The Morgan fingerprint density at radius 2 is 1.72 bits per heavy atom. The molecule has 0 spiro atoms. The predicted molar refractivity (Wildman–Crippen MR) is 106 cm³/mol. The highest BCUT2D eigenvalue weighted by molar-refractivity contribution is 6.03. The van der Waals surface area contributed by atoms with Gasteiger partial charge in [0.25, 0.3) is 5.91 Å². The lowest BCUT2D eigenvalue weighted by Crippen LogP contribution is -2.44. The van der Waals surface area contributed by atoms with Crippen LogP contribution in [0.4, 0.5) is 0 Å². The Kier molecular flexibility index (Phi) is 6.49. The third-order valence-corrected chi connectivity index (χ3v) is 5.19. The third-order valence-electron chi connectivity index (χ3n) is 5.19. The minimum atomic E-state index is -0.293. The van der Waals surface area contributed by atoms with Crippen LogP contribution in [-0.2, 0) is 0 Å². The van der Waals surface area contributed by atoms with Crippen LogP contribution in [0.5, 0.6) is 17.2 Å². The zero-order valence-electron chi connectivity index (χ0n) is 15.9. The van der Waals surface area contributed by atoms with Gasteiger partial charge in [-0.25, -0.2) is 0 Å². The minimum Gasteiger partial charge on any atom is -0.507 e. The zero-order chi connectivity index (χ0) is 20.8. The molecule has 0 aromatic heterocycles. The van der Waals surface area contributed by atoms with Gasteiger partial charge < -0.3 is 19.8 Å². The van der Waals surface area contributed by atoms with Crippen LogP contribution in [0.3, 0.4) is 0 Å². The lowest BCUT2D eigenvalue weighted by atomic mass is 9.97. The number of aldehydes is 2. The fraction of sp³-hybridized carbons (Fsp3) is 0.318. The van der Waals surface area contributed by atoms with Gasteiger partial charge in [0.15, 0.2) is 12.6 Å². The molecule has 2 N–H and O–H groups in total. The average Bonchev–Trinajstić information content (AvgIpc) is 2.73. The maximum absolute atomic E-state index is 13.1. The average molecular weight is 397 g/mol. The van der Waals surface area contributed by atoms with Crippen LogP contribution in [0.2, 0.25) is 0 Å². The first-order valence-electron chi connectivity index (χ1n) is 9.55. The number of phenols is 2. The fourth-order valence-electron chi connectivity index (χ4n) is 3.67. The van der Waals surface area contributed by atoms with Crippen LogP contribution in [0.25, 0.3) is 0 Å². The molecule has 152 valence electrons. The van der Waals surface area contributed by atoms with Crippen molar-refractivity contribution in [3.05, 3.63) is 53.1 Å². The van der Waals surface area contributed by atoms with Gasteiger partial charge in [0.1, 0.15) is 17.2 Å². The van der Waals surface area contributed by atoms with Gasteiger partial charge in [0.2, 0.25) is 0 Å². The highest BCUT2D eigenvalue weighted by Crippen LogP contribution is 2.28. The van der Waals surface area contributed by atoms with E-state index in [-0.39, 0.29) is 46.7 Å². The quantitative estimate of drug-likeness (QED) is 0.696. The second-order valence-electron chi connectivity index (χ2n) is 6.95. The van der Waals surface area contributed by atoms with Crippen molar-refractivity contribution < 1.29 is 29.3 Å². The first-order valence-corrected chi connectivity index (χ1v) is 9.55. The Balaban J connectivity index is 1.71. The highest BCUT2D eigenvalue weighted by atomic mass is 16.5. The number of aromatic hydroxyl groups is 2. The fourth-order valence-corrected chi connectivity index (χ4v) is 3.67. The summed E-state index contributed by atoms with van der Waals surface area (Å²) in [6.07, 6.45) is 4.21.